The van der Waals surface area contributed by atoms with Gasteiger partial charge in [0.1, 0.15) is 0 Å². The first kappa shape index (κ1) is 9.81. The Morgan fingerprint density at radius 3 is 2.93 bits per heavy atom. The van der Waals surface area contributed by atoms with E-state index in [0.717, 1.165) is 10.8 Å². The highest BCUT2D eigenvalue weighted by atomic mass is 32.2. The molecule has 0 atom stereocenters. The maximum atomic E-state index is 5.22. The van der Waals surface area contributed by atoms with Crippen molar-refractivity contribution in [1.82, 2.24) is 10.1 Å². The van der Waals surface area contributed by atoms with Crippen molar-refractivity contribution in [2.75, 3.05) is 5.75 Å². The predicted molar refractivity (Wildman–Crippen MR) is 59.7 cm³/mol. The third kappa shape index (κ3) is 2.20. The number of rotatable bonds is 3. The zero-order chi connectivity index (χ0) is 10.5. The molecule has 0 bridgehead atoms. The Balaban J connectivity index is 2.30. The SMILES string of the molecule is C#CCSc1nc[nH][n+]1-c1ccccc1. The van der Waals surface area contributed by atoms with Gasteiger partial charge in [-0.2, -0.15) is 5.10 Å². The summed E-state index contributed by atoms with van der Waals surface area (Å²) in [7, 11) is 0. The molecule has 0 saturated carbocycles. The van der Waals surface area contributed by atoms with Gasteiger partial charge in [-0.15, -0.1) is 11.1 Å². The van der Waals surface area contributed by atoms with Gasteiger partial charge in [0.2, 0.25) is 6.33 Å². The van der Waals surface area contributed by atoms with Crippen LogP contribution in [0, 0.1) is 12.3 Å². The van der Waals surface area contributed by atoms with E-state index in [2.05, 4.69) is 16.0 Å². The summed E-state index contributed by atoms with van der Waals surface area (Å²) in [6, 6.07) is 9.97. The molecule has 15 heavy (non-hydrogen) atoms. The van der Waals surface area contributed by atoms with E-state index in [1.807, 2.05) is 35.0 Å². The molecule has 1 aromatic carbocycles. The third-order valence-corrected chi connectivity index (χ3v) is 2.71. The molecule has 0 spiro atoms. The summed E-state index contributed by atoms with van der Waals surface area (Å²) in [6.07, 6.45) is 6.87. The van der Waals surface area contributed by atoms with Crippen molar-refractivity contribution >= 4 is 11.8 Å². The van der Waals surface area contributed by atoms with Crippen molar-refractivity contribution < 1.29 is 4.68 Å². The van der Waals surface area contributed by atoms with Crippen LogP contribution in [0.2, 0.25) is 0 Å². The summed E-state index contributed by atoms with van der Waals surface area (Å²) < 4.78 is 1.90. The fourth-order valence-corrected chi connectivity index (χ4v) is 1.85. The summed E-state index contributed by atoms with van der Waals surface area (Å²) >= 11 is 1.53. The van der Waals surface area contributed by atoms with Crippen molar-refractivity contribution in [3.05, 3.63) is 36.7 Å². The number of para-hydroxylation sites is 1. The standard InChI is InChI=1S/C11H9N3S/c1-2-8-15-11-12-9-13-14(11)10-6-4-3-5-7-10/h1,3-7,9H,8H2/p+1. The minimum absolute atomic E-state index is 0.623. The van der Waals surface area contributed by atoms with Gasteiger partial charge >= 0.3 is 5.16 Å². The molecule has 0 aliphatic rings. The highest BCUT2D eigenvalue weighted by molar-refractivity contribution is 7.99. The Morgan fingerprint density at radius 2 is 2.20 bits per heavy atom. The third-order valence-electron chi connectivity index (χ3n) is 1.85. The molecule has 0 aliphatic carbocycles. The number of aromatic amines is 1. The molecular formula is C11H10N3S+. The van der Waals surface area contributed by atoms with Gasteiger partial charge in [0.05, 0.1) is 5.75 Å². The minimum Gasteiger partial charge on any atom is -0.188 e. The molecule has 3 nitrogen and oxygen atoms in total. The van der Waals surface area contributed by atoms with Crippen LogP contribution >= 0.6 is 11.8 Å². The number of thioether (sulfide) groups is 1. The second-order valence-corrected chi connectivity index (χ2v) is 3.78. The summed E-state index contributed by atoms with van der Waals surface area (Å²) in [5, 5.41) is 3.92. The van der Waals surface area contributed by atoms with Crippen molar-refractivity contribution in [3.8, 4) is 18.0 Å². The minimum atomic E-state index is 0.623. The molecule has 1 heterocycles. The molecule has 74 valence electrons. The van der Waals surface area contributed by atoms with Gasteiger partial charge < -0.3 is 0 Å². The topological polar surface area (TPSA) is 32.6 Å². The molecule has 0 amide bonds. The number of H-pyrrole nitrogens is 1. The van der Waals surface area contributed by atoms with Crippen LogP contribution in [0.25, 0.3) is 5.69 Å². The fourth-order valence-electron chi connectivity index (χ4n) is 1.22. The van der Waals surface area contributed by atoms with Gasteiger partial charge in [0, 0.05) is 0 Å². The van der Waals surface area contributed by atoms with Gasteiger partial charge in [-0.25, -0.2) is 0 Å². The molecule has 0 unspecified atom stereocenters. The molecule has 2 rings (SSSR count). The summed E-state index contributed by atoms with van der Waals surface area (Å²) in [6.45, 7) is 0. The Labute approximate surface area is 92.5 Å². The summed E-state index contributed by atoms with van der Waals surface area (Å²) in [5.74, 6) is 3.20. The maximum absolute atomic E-state index is 5.22. The average molecular weight is 216 g/mol. The molecule has 1 N–H and O–H groups in total. The predicted octanol–water partition coefficient (Wildman–Crippen LogP) is 1.41. The van der Waals surface area contributed by atoms with E-state index in [1.165, 1.54) is 11.8 Å². The lowest BCUT2D eigenvalue weighted by Crippen LogP contribution is -2.34. The van der Waals surface area contributed by atoms with E-state index in [9.17, 15) is 0 Å². The molecule has 0 aliphatic heterocycles. The molecule has 0 fully saturated rings. The first-order valence-electron chi connectivity index (χ1n) is 4.49. The lowest BCUT2D eigenvalue weighted by Gasteiger charge is -1.95. The Hall–Kier alpha value is -1.73. The van der Waals surface area contributed by atoms with Gasteiger partial charge in [0.15, 0.2) is 5.69 Å². The first-order valence-corrected chi connectivity index (χ1v) is 5.47. The van der Waals surface area contributed by atoms with Crippen molar-refractivity contribution in [2.24, 2.45) is 0 Å². The van der Waals surface area contributed by atoms with Gasteiger partial charge in [0.25, 0.3) is 0 Å². The van der Waals surface area contributed by atoms with E-state index < -0.39 is 0 Å². The van der Waals surface area contributed by atoms with Gasteiger partial charge in [-0.05, 0) is 28.9 Å². The number of nitrogens with zero attached hydrogens (tertiary/aromatic N) is 2. The summed E-state index contributed by atoms with van der Waals surface area (Å²) in [5.41, 5.74) is 1.05. The number of hydrogen-bond donors (Lipinski definition) is 1. The van der Waals surface area contributed by atoms with Crippen molar-refractivity contribution in [2.45, 2.75) is 5.16 Å². The van der Waals surface area contributed by atoms with E-state index in [1.54, 1.807) is 6.33 Å². The highest BCUT2D eigenvalue weighted by Crippen LogP contribution is 2.10. The molecule has 1 aromatic heterocycles. The quantitative estimate of drug-likeness (QED) is 0.478. The van der Waals surface area contributed by atoms with Crippen LogP contribution in [0.15, 0.2) is 41.8 Å². The van der Waals surface area contributed by atoms with Crippen LogP contribution in [0.4, 0.5) is 0 Å². The number of hydrogen-bond acceptors (Lipinski definition) is 2. The van der Waals surface area contributed by atoms with E-state index in [-0.39, 0.29) is 0 Å². The molecule has 2 aromatic rings. The second kappa shape index (κ2) is 4.67. The Morgan fingerprint density at radius 1 is 1.40 bits per heavy atom. The number of benzene rings is 1. The lowest BCUT2D eigenvalue weighted by atomic mass is 10.3. The van der Waals surface area contributed by atoms with Crippen molar-refractivity contribution in [3.63, 3.8) is 0 Å². The van der Waals surface area contributed by atoms with Crippen LogP contribution in [-0.4, -0.2) is 15.8 Å². The van der Waals surface area contributed by atoms with Crippen LogP contribution in [0.5, 0.6) is 0 Å². The number of nitrogens with one attached hydrogen (secondary N) is 1. The second-order valence-electron chi connectivity index (χ2n) is 2.83. The molecule has 0 saturated heterocycles. The van der Waals surface area contributed by atoms with Crippen molar-refractivity contribution in [1.29, 1.82) is 0 Å². The highest BCUT2D eigenvalue weighted by Gasteiger charge is 2.15. The zero-order valence-corrected chi connectivity index (χ0v) is 8.87. The molecule has 4 heteroatoms. The van der Waals surface area contributed by atoms with E-state index >= 15 is 0 Å². The largest absolute Gasteiger partial charge is 0.386 e. The fraction of sp³-hybridized carbons (Fsp3) is 0.0909. The van der Waals surface area contributed by atoms with E-state index in [4.69, 9.17) is 6.42 Å². The smallest absolute Gasteiger partial charge is 0.188 e. The molecule has 0 radical (unpaired) electrons. The van der Waals surface area contributed by atoms with Crippen LogP contribution < -0.4 is 4.68 Å². The normalized spacial score (nSPS) is 9.80. The van der Waals surface area contributed by atoms with Crippen LogP contribution in [0.1, 0.15) is 0 Å². The van der Waals surface area contributed by atoms with Gasteiger partial charge in [-0.1, -0.05) is 24.1 Å². The number of terminal acetylenes is 1. The van der Waals surface area contributed by atoms with Crippen LogP contribution in [-0.2, 0) is 0 Å². The van der Waals surface area contributed by atoms with Gasteiger partial charge in [-0.3, -0.25) is 0 Å². The average Bonchev–Trinajstić information content (AvgIpc) is 2.75. The lowest BCUT2D eigenvalue weighted by molar-refractivity contribution is -0.694. The van der Waals surface area contributed by atoms with E-state index in [0.29, 0.717) is 5.75 Å². The summed E-state index contributed by atoms with van der Waals surface area (Å²) in [4.78, 5) is 4.20. The first-order chi connectivity index (χ1) is 7.42. The Bertz CT molecular complexity index is 470. The Kier molecular flexibility index (Phi) is 3.05. The maximum Gasteiger partial charge on any atom is 0.386 e. The van der Waals surface area contributed by atoms with Crippen LogP contribution in [0.3, 0.4) is 0 Å². The molecular weight excluding hydrogens is 206 g/mol. The zero-order valence-electron chi connectivity index (χ0n) is 8.05. The number of aromatic nitrogens is 3. The monoisotopic (exact) mass is 216 g/mol.